The molecule has 3 aromatic heterocycles. The van der Waals surface area contributed by atoms with Crippen LogP contribution in [0, 0.1) is 0 Å². The average molecular weight is 498 g/mol. The first-order valence-corrected chi connectivity index (χ1v) is 8.99. The lowest BCUT2D eigenvalue weighted by molar-refractivity contribution is -0.123. The maximum atomic E-state index is 11.7. The monoisotopic (exact) mass is 498 g/mol. The summed E-state index contributed by atoms with van der Waals surface area (Å²) in [6.07, 6.45) is 0. The quantitative estimate of drug-likeness (QED) is 0.188. The van der Waals surface area contributed by atoms with E-state index in [0.29, 0.717) is 0 Å². The molecule has 36 heavy (non-hydrogen) atoms. The molecule has 0 aliphatic heterocycles. The molecule has 0 unspecified atom stereocenters. The van der Waals surface area contributed by atoms with Crippen LogP contribution in [-0.4, -0.2) is 82.5 Å². The van der Waals surface area contributed by atoms with Gasteiger partial charge in [-0.2, -0.15) is 0 Å². The summed E-state index contributed by atoms with van der Waals surface area (Å²) in [6, 6.07) is 0. The molecule has 0 aliphatic carbocycles. The third kappa shape index (κ3) is 3.65. The minimum atomic E-state index is -1.80. The van der Waals surface area contributed by atoms with E-state index in [2.05, 4.69) is 44.1 Å². The van der Waals surface area contributed by atoms with Crippen molar-refractivity contribution in [2.24, 2.45) is 0 Å². The number of aromatic nitrogens is 6. The standard InChI is InChI=1S/C18H6N6O12/c25-1-34-13-12(18(32)33)21-6-4-5(20-11(17(30)31)10(19-4)16(28)29)8-9(7(6)22-13)24-15(36-3-27)14(23-8)35-2-26/h1-3H,(H,28,29)(H,30,31)(H,32,33). The summed E-state index contributed by atoms with van der Waals surface area (Å²) in [5.74, 6) is -7.49. The number of rotatable bonds is 9. The van der Waals surface area contributed by atoms with E-state index in [1.165, 1.54) is 0 Å². The number of carboxylic acids is 3. The van der Waals surface area contributed by atoms with Gasteiger partial charge in [-0.1, -0.05) is 0 Å². The number of ether oxygens (including phenoxy) is 3. The van der Waals surface area contributed by atoms with Crippen molar-refractivity contribution in [2.45, 2.75) is 0 Å². The van der Waals surface area contributed by atoms with E-state index in [9.17, 15) is 44.1 Å². The predicted octanol–water partition coefficient (Wildman–Crippen LogP) is -0.784. The molecule has 4 rings (SSSR count). The zero-order valence-corrected chi connectivity index (χ0v) is 16.9. The van der Waals surface area contributed by atoms with Gasteiger partial charge in [-0.05, 0) is 0 Å². The number of fused-ring (bicyclic) bond motifs is 6. The van der Waals surface area contributed by atoms with E-state index in [1.807, 2.05) is 0 Å². The van der Waals surface area contributed by atoms with Crippen molar-refractivity contribution in [3.63, 3.8) is 0 Å². The molecule has 3 N–H and O–H groups in total. The van der Waals surface area contributed by atoms with Gasteiger partial charge in [-0.3, -0.25) is 14.4 Å². The molecule has 3 heterocycles. The van der Waals surface area contributed by atoms with Crippen molar-refractivity contribution in [1.29, 1.82) is 0 Å². The van der Waals surface area contributed by atoms with Crippen molar-refractivity contribution in [3.05, 3.63) is 17.1 Å². The summed E-state index contributed by atoms with van der Waals surface area (Å²) >= 11 is 0. The van der Waals surface area contributed by atoms with Gasteiger partial charge in [0.2, 0.25) is 5.69 Å². The Bertz CT molecular complexity index is 1650. The van der Waals surface area contributed by atoms with Gasteiger partial charge in [0.25, 0.3) is 37.1 Å². The Balaban J connectivity index is 2.34. The highest BCUT2D eigenvalue weighted by atomic mass is 16.6. The Morgan fingerprint density at radius 2 is 0.750 bits per heavy atom. The molecule has 18 heteroatoms. The van der Waals surface area contributed by atoms with E-state index < -0.39 is 80.2 Å². The van der Waals surface area contributed by atoms with Gasteiger partial charge in [-0.25, -0.2) is 44.3 Å². The molecule has 1 aromatic carbocycles. The van der Waals surface area contributed by atoms with E-state index >= 15 is 0 Å². The summed E-state index contributed by atoms with van der Waals surface area (Å²) in [4.78, 5) is 90.8. The molecule has 0 saturated carbocycles. The molecule has 0 radical (unpaired) electrons. The van der Waals surface area contributed by atoms with Crippen LogP contribution in [0.4, 0.5) is 0 Å². The second kappa shape index (κ2) is 8.78. The van der Waals surface area contributed by atoms with Crippen molar-refractivity contribution < 1.29 is 58.3 Å². The van der Waals surface area contributed by atoms with Crippen molar-refractivity contribution >= 4 is 70.4 Å². The number of hydrogen-bond acceptors (Lipinski definition) is 15. The topological polar surface area (TPSA) is 268 Å². The van der Waals surface area contributed by atoms with E-state index in [1.54, 1.807) is 0 Å². The van der Waals surface area contributed by atoms with E-state index in [-0.39, 0.29) is 24.9 Å². The summed E-state index contributed by atoms with van der Waals surface area (Å²) < 4.78 is 13.8. The highest BCUT2D eigenvalue weighted by Crippen LogP contribution is 2.35. The van der Waals surface area contributed by atoms with Crippen LogP contribution in [0.2, 0.25) is 0 Å². The maximum Gasteiger partial charge on any atom is 0.360 e. The minimum absolute atomic E-state index is 0.0899. The van der Waals surface area contributed by atoms with Crippen molar-refractivity contribution in [2.75, 3.05) is 0 Å². The second-order valence-electron chi connectivity index (χ2n) is 6.28. The summed E-state index contributed by atoms with van der Waals surface area (Å²) in [5, 5.41) is 28.3. The van der Waals surface area contributed by atoms with Crippen LogP contribution in [0.5, 0.6) is 17.6 Å². The number of hydrogen-bond donors (Lipinski definition) is 3. The molecule has 0 amide bonds. The number of benzene rings is 1. The van der Waals surface area contributed by atoms with Gasteiger partial charge < -0.3 is 29.5 Å². The zero-order valence-electron chi connectivity index (χ0n) is 16.9. The Labute approximate surface area is 194 Å². The number of aromatic carboxylic acids is 3. The van der Waals surface area contributed by atoms with Gasteiger partial charge in [0.05, 0.1) is 0 Å². The van der Waals surface area contributed by atoms with Crippen molar-refractivity contribution in [3.8, 4) is 17.6 Å². The Morgan fingerprint density at radius 3 is 1.08 bits per heavy atom. The van der Waals surface area contributed by atoms with Crippen LogP contribution in [0.15, 0.2) is 0 Å². The van der Waals surface area contributed by atoms with Crippen molar-refractivity contribution in [1.82, 2.24) is 29.9 Å². The third-order valence-corrected chi connectivity index (χ3v) is 4.35. The van der Waals surface area contributed by atoms with Gasteiger partial charge in [0.1, 0.15) is 33.1 Å². The lowest BCUT2D eigenvalue weighted by Gasteiger charge is -2.12. The van der Waals surface area contributed by atoms with Gasteiger partial charge in [0, 0.05) is 0 Å². The molecule has 0 aliphatic rings. The molecule has 4 aromatic rings. The lowest BCUT2D eigenvalue weighted by Crippen LogP contribution is -2.15. The smallest absolute Gasteiger partial charge is 0.360 e. The second-order valence-corrected chi connectivity index (χ2v) is 6.28. The zero-order chi connectivity index (χ0) is 26.1. The largest absolute Gasteiger partial charge is 0.476 e. The molecular weight excluding hydrogens is 492 g/mol. The van der Waals surface area contributed by atoms with Crippen LogP contribution in [0.3, 0.4) is 0 Å². The fraction of sp³-hybridized carbons (Fsp3) is 0. The molecule has 0 spiro atoms. The molecule has 0 fully saturated rings. The highest BCUT2D eigenvalue weighted by Gasteiger charge is 2.28. The molecule has 0 bridgehead atoms. The first-order valence-electron chi connectivity index (χ1n) is 8.99. The normalized spacial score (nSPS) is 10.7. The first kappa shape index (κ1) is 23.2. The van der Waals surface area contributed by atoms with Gasteiger partial charge in [0.15, 0.2) is 11.4 Å². The Kier molecular flexibility index (Phi) is 5.66. The van der Waals surface area contributed by atoms with Crippen LogP contribution < -0.4 is 14.2 Å². The van der Waals surface area contributed by atoms with E-state index in [0.717, 1.165) is 0 Å². The van der Waals surface area contributed by atoms with Crippen LogP contribution in [-0.2, 0) is 14.4 Å². The number of nitrogens with zero attached hydrogens (tertiary/aromatic N) is 6. The van der Waals surface area contributed by atoms with E-state index in [4.69, 9.17) is 0 Å². The number of carboxylic acid groups (broad SMARTS) is 3. The average Bonchev–Trinajstić information content (AvgIpc) is 2.83. The predicted molar refractivity (Wildman–Crippen MR) is 107 cm³/mol. The molecule has 18 nitrogen and oxygen atoms in total. The molecule has 0 saturated heterocycles. The summed E-state index contributed by atoms with van der Waals surface area (Å²) in [6.45, 7) is -0.328. The summed E-state index contributed by atoms with van der Waals surface area (Å²) in [7, 11) is 0. The SMILES string of the molecule is O=COc1nc2c(nc1OC=O)c1nc(C(=O)O)c(C(=O)O)nc1c1nc(C(=O)O)c(OC=O)nc21. The molecule has 0 atom stereocenters. The Hall–Kier alpha value is -5.94. The highest BCUT2D eigenvalue weighted by molar-refractivity contribution is 6.19. The lowest BCUT2D eigenvalue weighted by atomic mass is 10.1. The van der Waals surface area contributed by atoms with Crippen LogP contribution in [0.25, 0.3) is 33.1 Å². The van der Waals surface area contributed by atoms with Gasteiger partial charge in [-0.15, -0.1) is 0 Å². The summed E-state index contributed by atoms with van der Waals surface area (Å²) in [5.41, 5.74) is -5.63. The van der Waals surface area contributed by atoms with Crippen LogP contribution >= 0.6 is 0 Å². The minimum Gasteiger partial charge on any atom is -0.476 e. The fourth-order valence-electron chi connectivity index (χ4n) is 3.06. The number of carbonyl (C=O) groups excluding carboxylic acids is 3. The van der Waals surface area contributed by atoms with Gasteiger partial charge >= 0.3 is 17.9 Å². The third-order valence-electron chi connectivity index (χ3n) is 4.35. The maximum absolute atomic E-state index is 11.7. The van der Waals surface area contributed by atoms with Crippen LogP contribution in [0.1, 0.15) is 31.5 Å². The first-order chi connectivity index (χ1) is 17.2. The Morgan fingerprint density at radius 1 is 0.472 bits per heavy atom. The molecular formula is C18H6N6O12. The fourth-order valence-corrected chi connectivity index (χ4v) is 3.06. The number of carbonyl (C=O) groups is 6. The molecule has 180 valence electrons.